The van der Waals surface area contributed by atoms with Crippen LogP contribution < -0.4 is 4.90 Å². The summed E-state index contributed by atoms with van der Waals surface area (Å²) in [5.74, 6) is -1.02. The number of H-pyrrole nitrogens is 1. The zero-order valence-corrected chi connectivity index (χ0v) is 14.7. The number of nitrogens with zero attached hydrogens (tertiary/aromatic N) is 2. The number of methoxy groups -OCH3 is 1. The number of carbonyl (C=O) groups excluding carboxylic acids is 1. The van der Waals surface area contributed by atoms with Crippen molar-refractivity contribution in [2.24, 2.45) is 0 Å². The number of anilines is 1. The standard InChI is InChI=1S/C19H15ClFN3O2/c1-22-16-7-6-13(11-15(16)21)24(8-9-26-2)19(25)17-10-12-4-3-5-14(20)18(12)23-17/h3-7,10-11,23H,8-9H2,2H3. The fourth-order valence-corrected chi connectivity index (χ4v) is 2.89. The molecule has 0 spiro atoms. The lowest BCUT2D eigenvalue weighted by Crippen LogP contribution is -2.34. The zero-order valence-electron chi connectivity index (χ0n) is 13.9. The first-order valence-electron chi connectivity index (χ1n) is 7.80. The van der Waals surface area contributed by atoms with Crippen LogP contribution >= 0.6 is 11.6 Å². The van der Waals surface area contributed by atoms with E-state index in [2.05, 4.69) is 9.83 Å². The summed E-state index contributed by atoms with van der Waals surface area (Å²) in [7, 11) is 1.52. The van der Waals surface area contributed by atoms with Gasteiger partial charge in [0.1, 0.15) is 11.5 Å². The number of ether oxygens (including phenoxy) is 1. The molecule has 0 aliphatic carbocycles. The number of aromatic amines is 1. The highest BCUT2D eigenvalue weighted by Gasteiger charge is 2.21. The summed E-state index contributed by atoms with van der Waals surface area (Å²) in [5, 5.41) is 1.32. The molecule has 1 N–H and O–H groups in total. The first-order chi connectivity index (χ1) is 12.5. The van der Waals surface area contributed by atoms with Crippen LogP contribution in [-0.2, 0) is 4.74 Å². The average Bonchev–Trinajstić information content (AvgIpc) is 3.08. The van der Waals surface area contributed by atoms with E-state index in [4.69, 9.17) is 22.9 Å². The van der Waals surface area contributed by atoms with Crippen LogP contribution in [0.25, 0.3) is 15.7 Å². The largest absolute Gasteiger partial charge is 0.383 e. The molecule has 0 atom stereocenters. The third kappa shape index (κ3) is 3.40. The summed E-state index contributed by atoms with van der Waals surface area (Å²) in [6.07, 6.45) is 0. The zero-order chi connectivity index (χ0) is 18.7. The smallest absolute Gasteiger partial charge is 0.274 e. The first kappa shape index (κ1) is 17.9. The maximum absolute atomic E-state index is 14.0. The highest BCUT2D eigenvalue weighted by atomic mass is 35.5. The number of para-hydroxylation sites is 1. The monoisotopic (exact) mass is 371 g/mol. The van der Waals surface area contributed by atoms with Crippen LogP contribution in [0.15, 0.2) is 42.5 Å². The molecule has 0 unspecified atom stereocenters. The van der Waals surface area contributed by atoms with E-state index in [0.717, 1.165) is 5.39 Å². The topological polar surface area (TPSA) is 49.7 Å². The SMILES string of the molecule is [C-]#[N+]c1ccc(N(CCOC)C(=O)c2cc3cccc(Cl)c3[nH]2)cc1F. The van der Waals surface area contributed by atoms with Crippen molar-refractivity contribution in [3.05, 3.63) is 70.4 Å². The molecule has 3 aromatic rings. The summed E-state index contributed by atoms with van der Waals surface area (Å²) in [5.41, 5.74) is 1.25. The van der Waals surface area contributed by atoms with Crippen molar-refractivity contribution in [1.82, 2.24) is 4.98 Å². The second-order valence-corrected chi connectivity index (χ2v) is 5.99. The molecule has 5 nitrogen and oxygen atoms in total. The molecule has 0 bridgehead atoms. The van der Waals surface area contributed by atoms with Gasteiger partial charge in [-0.15, -0.1) is 0 Å². The Hall–Kier alpha value is -2.88. The minimum Gasteiger partial charge on any atom is -0.383 e. The molecule has 2 aromatic carbocycles. The number of benzene rings is 2. The van der Waals surface area contributed by atoms with Crippen molar-refractivity contribution >= 4 is 39.8 Å². The van der Waals surface area contributed by atoms with Crippen molar-refractivity contribution in [3.8, 4) is 0 Å². The Labute approximate surface area is 154 Å². The van der Waals surface area contributed by atoms with Crippen molar-refractivity contribution < 1.29 is 13.9 Å². The van der Waals surface area contributed by atoms with E-state index in [0.29, 0.717) is 21.9 Å². The number of amides is 1. The second-order valence-electron chi connectivity index (χ2n) is 5.58. The molecule has 132 valence electrons. The number of hydrogen-bond donors (Lipinski definition) is 1. The van der Waals surface area contributed by atoms with Crippen LogP contribution in [0.3, 0.4) is 0 Å². The van der Waals surface area contributed by atoms with Crippen LogP contribution in [0.2, 0.25) is 5.02 Å². The van der Waals surface area contributed by atoms with E-state index in [-0.39, 0.29) is 24.7 Å². The van der Waals surface area contributed by atoms with Crippen molar-refractivity contribution in [1.29, 1.82) is 0 Å². The molecular formula is C19H15ClFN3O2. The summed E-state index contributed by atoms with van der Waals surface area (Å²) in [6.45, 7) is 7.45. The molecular weight excluding hydrogens is 357 g/mol. The van der Waals surface area contributed by atoms with Crippen LogP contribution in [0.4, 0.5) is 15.8 Å². The van der Waals surface area contributed by atoms with Gasteiger partial charge in [-0.3, -0.25) is 4.79 Å². The van der Waals surface area contributed by atoms with Gasteiger partial charge in [0.15, 0.2) is 0 Å². The van der Waals surface area contributed by atoms with E-state index in [1.54, 1.807) is 24.3 Å². The number of carbonyl (C=O) groups is 1. The van der Waals surface area contributed by atoms with Crippen LogP contribution in [0, 0.1) is 12.4 Å². The van der Waals surface area contributed by atoms with Gasteiger partial charge in [-0.2, -0.15) is 0 Å². The fourth-order valence-electron chi connectivity index (χ4n) is 2.66. The molecule has 1 aromatic heterocycles. The molecule has 7 heteroatoms. The van der Waals surface area contributed by atoms with Gasteiger partial charge < -0.3 is 14.6 Å². The first-order valence-corrected chi connectivity index (χ1v) is 8.18. The lowest BCUT2D eigenvalue weighted by Gasteiger charge is -2.22. The molecule has 0 radical (unpaired) electrons. The predicted octanol–water partition coefficient (Wildman–Crippen LogP) is 4.80. The van der Waals surface area contributed by atoms with Gasteiger partial charge in [0.2, 0.25) is 5.69 Å². The average molecular weight is 372 g/mol. The third-order valence-corrected chi connectivity index (χ3v) is 4.28. The number of aromatic nitrogens is 1. The Balaban J connectivity index is 2.01. The maximum Gasteiger partial charge on any atom is 0.274 e. The molecule has 0 aliphatic rings. The van der Waals surface area contributed by atoms with Gasteiger partial charge in [0.05, 0.1) is 23.7 Å². The quantitative estimate of drug-likeness (QED) is 0.655. The number of halogens is 2. The molecule has 3 rings (SSSR count). The summed E-state index contributed by atoms with van der Waals surface area (Å²) < 4.78 is 19.1. The minimum absolute atomic E-state index is 0.0923. The Morgan fingerprint density at radius 2 is 2.15 bits per heavy atom. The van der Waals surface area contributed by atoms with Crippen molar-refractivity contribution in [2.75, 3.05) is 25.2 Å². The maximum atomic E-state index is 14.0. The lowest BCUT2D eigenvalue weighted by molar-refractivity contribution is 0.0972. The number of rotatable bonds is 5. The Morgan fingerprint density at radius 1 is 1.35 bits per heavy atom. The minimum atomic E-state index is -0.674. The van der Waals surface area contributed by atoms with E-state index < -0.39 is 5.82 Å². The van der Waals surface area contributed by atoms with Crippen LogP contribution in [0.1, 0.15) is 10.5 Å². The van der Waals surface area contributed by atoms with E-state index >= 15 is 0 Å². The number of hydrogen-bond acceptors (Lipinski definition) is 2. The summed E-state index contributed by atoms with van der Waals surface area (Å²) in [4.78, 5) is 20.5. The van der Waals surface area contributed by atoms with Crippen LogP contribution in [-0.4, -0.2) is 31.2 Å². The van der Waals surface area contributed by atoms with E-state index in [1.807, 2.05) is 6.07 Å². The van der Waals surface area contributed by atoms with Gasteiger partial charge >= 0.3 is 0 Å². The van der Waals surface area contributed by atoms with Crippen molar-refractivity contribution in [2.45, 2.75) is 0 Å². The van der Waals surface area contributed by atoms with Crippen LogP contribution in [0.5, 0.6) is 0 Å². The number of fused-ring (bicyclic) bond motifs is 1. The van der Waals surface area contributed by atoms with Gasteiger partial charge in [-0.25, -0.2) is 9.24 Å². The second kappa shape index (κ2) is 7.56. The van der Waals surface area contributed by atoms with Crippen molar-refractivity contribution in [3.63, 3.8) is 0 Å². The number of nitrogens with one attached hydrogen (secondary N) is 1. The molecule has 0 fully saturated rings. The van der Waals surface area contributed by atoms with Gasteiger partial charge in [-0.1, -0.05) is 29.8 Å². The molecule has 0 saturated carbocycles. The van der Waals surface area contributed by atoms with Gasteiger partial charge in [0.25, 0.3) is 5.91 Å². The molecule has 26 heavy (non-hydrogen) atoms. The normalized spacial score (nSPS) is 10.7. The molecule has 0 saturated heterocycles. The lowest BCUT2D eigenvalue weighted by atomic mass is 10.2. The van der Waals surface area contributed by atoms with Gasteiger partial charge in [-0.05, 0) is 24.3 Å². The Kier molecular flexibility index (Phi) is 5.21. The third-order valence-electron chi connectivity index (χ3n) is 3.96. The van der Waals surface area contributed by atoms with E-state index in [9.17, 15) is 9.18 Å². The summed E-state index contributed by atoms with van der Waals surface area (Å²) in [6, 6.07) is 11.2. The van der Waals surface area contributed by atoms with E-state index in [1.165, 1.54) is 24.1 Å². The highest BCUT2D eigenvalue weighted by molar-refractivity contribution is 6.35. The Morgan fingerprint density at radius 3 is 2.81 bits per heavy atom. The van der Waals surface area contributed by atoms with Gasteiger partial charge in [0, 0.05) is 24.7 Å². The fraction of sp³-hybridized carbons (Fsp3) is 0.158. The molecule has 1 amide bonds. The predicted molar refractivity (Wildman–Crippen MR) is 99.5 cm³/mol. The Bertz CT molecular complexity index is 1010. The summed E-state index contributed by atoms with van der Waals surface area (Å²) >= 11 is 6.16. The molecule has 1 heterocycles. The highest BCUT2D eigenvalue weighted by Crippen LogP contribution is 2.27. The molecule has 0 aliphatic heterocycles.